The van der Waals surface area contributed by atoms with Crippen molar-refractivity contribution in [1.82, 2.24) is 25.2 Å². The third kappa shape index (κ3) is 7.34. The molecule has 0 unspecified atom stereocenters. The predicted molar refractivity (Wildman–Crippen MR) is 183 cm³/mol. The van der Waals surface area contributed by atoms with Crippen molar-refractivity contribution in [1.29, 1.82) is 0 Å². The molecule has 1 saturated heterocycles. The number of allylic oxidation sites excluding steroid dienone is 1. The summed E-state index contributed by atoms with van der Waals surface area (Å²) < 4.78 is 39.5. The van der Waals surface area contributed by atoms with E-state index in [4.69, 9.17) is 21.1 Å². The van der Waals surface area contributed by atoms with Crippen LogP contribution in [0.25, 0.3) is 10.8 Å². The quantitative estimate of drug-likeness (QED) is 0.307. The van der Waals surface area contributed by atoms with Crippen LogP contribution in [0, 0.1) is 17.8 Å². The summed E-state index contributed by atoms with van der Waals surface area (Å²) in [4.78, 5) is 59.9. The zero-order valence-electron chi connectivity index (χ0n) is 28.1. The normalized spacial score (nSPS) is 30.9. The molecule has 3 fully saturated rings. The summed E-state index contributed by atoms with van der Waals surface area (Å²) in [6, 6.07) is 2.79. The van der Waals surface area contributed by atoms with E-state index in [9.17, 15) is 32.7 Å². The van der Waals surface area contributed by atoms with Gasteiger partial charge in [0.1, 0.15) is 29.5 Å². The Balaban J connectivity index is 1.35. The van der Waals surface area contributed by atoms with Crippen LogP contribution in [-0.2, 0) is 24.4 Å². The van der Waals surface area contributed by atoms with Crippen molar-refractivity contribution in [2.24, 2.45) is 17.8 Å². The van der Waals surface area contributed by atoms with Crippen LogP contribution in [0.3, 0.4) is 0 Å². The summed E-state index contributed by atoms with van der Waals surface area (Å²) in [6.07, 6.45) is 6.09. The van der Waals surface area contributed by atoms with Gasteiger partial charge in [-0.15, -0.1) is 0 Å². The minimum atomic E-state index is -3.91. The van der Waals surface area contributed by atoms with Gasteiger partial charge in [0.05, 0.1) is 25.1 Å². The fourth-order valence-corrected chi connectivity index (χ4v) is 8.75. The SMILES string of the molecule is COc1cnc(O[C@@H]2C[C@H]3C(=O)N[C@]4(C(=O)NS(=O)(=O)C5CC5)C[C@H]4/C=C\CC[C@@H](C)C[C@@H](C)[C@H](NC(=O)O)C(=O)N3C2)c2cc(Cl)ccc12. The molecular formula is C34H42ClN5O9S. The maximum atomic E-state index is 14.3. The molecule has 2 saturated carbocycles. The molecule has 6 rings (SSSR count). The summed E-state index contributed by atoms with van der Waals surface area (Å²) in [6.45, 7) is 3.73. The third-order valence-corrected chi connectivity index (χ3v) is 12.2. The highest BCUT2D eigenvalue weighted by Crippen LogP contribution is 2.46. The maximum absolute atomic E-state index is 14.3. The third-order valence-electron chi connectivity index (χ3n) is 10.2. The van der Waals surface area contributed by atoms with Gasteiger partial charge in [-0.25, -0.2) is 18.2 Å². The highest BCUT2D eigenvalue weighted by Gasteiger charge is 2.62. The van der Waals surface area contributed by atoms with E-state index < -0.39 is 74.7 Å². The molecule has 14 nitrogen and oxygen atoms in total. The van der Waals surface area contributed by atoms with Gasteiger partial charge in [-0.2, -0.15) is 0 Å². The first kappa shape index (κ1) is 35.7. The zero-order chi connectivity index (χ0) is 36.0. The molecule has 2 aliphatic carbocycles. The Morgan fingerprint density at radius 1 is 1.14 bits per heavy atom. The maximum Gasteiger partial charge on any atom is 0.405 e. The van der Waals surface area contributed by atoms with Crippen LogP contribution in [0.4, 0.5) is 4.79 Å². The number of carbonyl (C=O) groups excluding carboxylic acids is 3. The summed E-state index contributed by atoms with van der Waals surface area (Å²) in [5.41, 5.74) is -1.54. The first-order valence-electron chi connectivity index (χ1n) is 16.9. The van der Waals surface area contributed by atoms with Crippen LogP contribution in [0.1, 0.15) is 58.8 Å². The molecule has 50 heavy (non-hydrogen) atoms. The van der Waals surface area contributed by atoms with Gasteiger partial charge in [0.25, 0.3) is 5.91 Å². The number of amides is 4. The van der Waals surface area contributed by atoms with Crippen LogP contribution >= 0.6 is 11.6 Å². The Bertz CT molecular complexity index is 1840. The molecule has 1 aromatic heterocycles. The van der Waals surface area contributed by atoms with Crippen molar-refractivity contribution in [3.05, 3.63) is 41.6 Å². The van der Waals surface area contributed by atoms with Gasteiger partial charge in [0.15, 0.2) is 0 Å². The number of carbonyl (C=O) groups is 4. The van der Waals surface area contributed by atoms with Crippen LogP contribution in [-0.4, -0.2) is 89.9 Å². The molecule has 4 N–H and O–H groups in total. The van der Waals surface area contributed by atoms with E-state index in [1.807, 2.05) is 19.1 Å². The standard InChI is InChI=1S/C34H42ClN5O9S/c1-18-6-4-5-7-20-15-34(20,32(43)39-50(46,47)23-9-10-23)38-29(41)26-14-22(17-40(26)31(42)28(19(2)12-18)37-33(44)45)49-30-25-13-21(35)8-11-24(25)27(48-3)16-36-30/h5,7-8,11,13,16,18-20,22-23,26,28,37H,4,6,9-10,12,14-15,17H2,1-3H3,(H,38,41)(H,39,43)(H,44,45)/b7-5-/t18-,19-,20-,22-,26+,28+,34-/m1/s1. The number of methoxy groups -OCH3 is 1. The second-order valence-corrected chi connectivity index (χ2v) is 16.4. The highest BCUT2D eigenvalue weighted by molar-refractivity contribution is 7.91. The number of rotatable bonds is 7. The fourth-order valence-electron chi connectivity index (χ4n) is 7.21. The molecule has 4 amide bonds. The molecule has 4 aliphatic rings. The molecular weight excluding hydrogens is 690 g/mol. The lowest BCUT2D eigenvalue weighted by atomic mass is 9.88. The Morgan fingerprint density at radius 3 is 2.60 bits per heavy atom. The Labute approximate surface area is 295 Å². The van der Waals surface area contributed by atoms with Crippen molar-refractivity contribution in [3.63, 3.8) is 0 Å². The van der Waals surface area contributed by atoms with E-state index in [0.717, 1.165) is 6.42 Å². The summed E-state index contributed by atoms with van der Waals surface area (Å²) in [5, 5.41) is 15.9. The highest BCUT2D eigenvalue weighted by atomic mass is 35.5. The second kappa shape index (κ2) is 13.9. The minimum Gasteiger partial charge on any atom is -0.494 e. The van der Waals surface area contributed by atoms with E-state index >= 15 is 0 Å². The number of carboxylic acid groups (broad SMARTS) is 1. The lowest BCUT2D eigenvalue weighted by Crippen LogP contribution is -2.59. The van der Waals surface area contributed by atoms with E-state index in [1.54, 1.807) is 25.1 Å². The van der Waals surface area contributed by atoms with Gasteiger partial charge < -0.3 is 30.1 Å². The molecule has 16 heteroatoms. The number of nitrogens with zero attached hydrogens (tertiary/aromatic N) is 2. The molecule has 7 atom stereocenters. The van der Waals surface area contributed by atoms with Crippen LogP contribution < -0.4 is 24.8 Å². The summed E-state index contributed by atoms with van der Waals surface area (Å²) >= 11 is 6.31. The van der Waals surface area contributed by atoms with Crippen LogP contribution in [0.15, 0.2) is 36.5 Å². The number of nitrogens with one attached hydrogen (secondary N) is 3. The lowest BCUT2D eigenvalue weighted by Gasteiger charge is -2.32. The van der Waals surface area contributed by atoms with Gasteiger partial charge >= 0.3 is 6.09 Å². The number of fused-ring (bicyclic) bond motifs is 3. The van der Waals surface area contributed by atoms with E-state index in [2.05, 4.69) is 20.3 Å². The van der Waals surface area contributed by atoms with Gasteiger partial charge in [-0.1, -0.05) is 37.6 Å². The number of halogens is 1. The van der Waals surface area contributed by atoms with Gasteiger partial charge in [0, 0.05) is 28.1 Å². The topological polar surface area (TPSA) is 193 Å². The first-order valence-corrected chi connectivity index (χ1v) is 18.8. The number of benzene rings is 1. The number of ether oxygens (including phenoxy) is 2. The molecule has 3 heterocycles. The average molecular weight is 732 g/mol. The lowest BCUT2D eigenvalue weighted by molar-refractivity contribution is -0.142. The van der Waals surface area contributed by atoms with Crippen molar-refractivity contribution in [2.75, 3.05) is 13.7 Å². The fraction of sp³-hybridized carbons (Fsp3) is 0.559. The van der Waals surface area contributed by atoms with Gasteiger partial charge in [0.2, 0.25) is 27.7 Å². The number of sulfonamides is 1. The van der Waals surface area contributed by atoms with E-state index in [-0.39, 0.29) is 31.2 Å². The Hall–Kier alpha value is -4.11. The summed E-state index contributed by atoms with van der Waals surface area (Å²) in [5.74, 6) is -2.18. The molecule has 270 valence electrons. The molecule has 2 aliphatic heterocycles. The monoisotopic (exact) mass is 731 g/mol. The molecule has 1 aromatic carbocycles. The molecule has 2 aromatic rings. The zero-order valence-corrected chi connectivity index (χ0v) is 29.6. The minimum absolute atomic E-state index is 0.0174. The predicted octanol–water partition coefficient (Wildman–Crippen LogP) is 3.38. The van der Waals surface area contributed by atoms with Crippen molar-refractivity contribution < 1.29 is 42.2 Å². The summed E-state index contributed by atoms with van der Waals surface area (Å²) in [7, 11) is -2.40. The number of pyridine rings is 1. The first-order chi connectivity index (χ1) is 23.7. The number of hydrogen-bond donors (Lipinski definition) is 4. The van der Waals surface area contributed by atoms with Gasteiger partial charge in [-0.3, -0.25) is 19.1 Å². The van der Waals surface area contributed by atoms with Crippen molar-refractivity contribution in [2.45, 2.75) is 87.8 Å². The smallest absolute Gasteiger partial charge is 0.405 e. The van der Waals surface area contributed by atoms with Gasteiger partial charge in [-0.05, 0) is 68.6 Å². The largest absolute Gasteiger partial charge is 0.494 e. The molecule has 0 radical (unpaired) electrons. The van der Waals surface area contributed by atoms with E-state index in [1.165, 1.54) is 18.2 Å². The van der Waals surface area contributed by atoms with E-state index in [0.29, 0.717) is 47.2 Å². The van der Waals surface area contributed by atoms with Crippen molar-refractivity contribution in [3.8, 4) is 11.6 Å². The van der Waals surface area contributed by atoms with Crippen LogP contribution in [0.2, 0.25) is 5.02 Å². The average Bonchev–Trinajstić information content (AvgIpc) is 3.98. The second-order valence-electron chi connectivity index (χ2n) is 14.0. The molecule has 0 bridgehead atoms. The Kier molecular flexibility index (Phi) is 9.92. The van der Waals surface area contributed by atoms with Crippen LogP contribution in [0.5, 0.6) is 11.6 Å². The Morgan fingerprint density at radius 2 is 1.90 bits per heavy atom. The number of aromatic nitrogens is 1. The number of hydrogen-bond acceptors (Lipinski definition) is 9. The van der Waals surface area contributed by atoms with Crippen molar-refractivity contribution >= 4 is 56.2 Å². The molecule has 0 spiro atoms.